The fraction of sp³-hybridized carbons (Fsp3) is 0.222. The van der Waals surface area contributed by atoms with E-state index >= 15 is 0 Å². The second-order valence-electron chi connectivity index (χ2n) is 5.76. The molecule has 3 aromatic rings. The molecule has 0 radical (unpaired) electrons. The second-order valence-corrected chi connectivity index (χ2v) is 5.76. The van der Waals surface area contributed by atoms with Crippen molar-refractivity contribution in [3.05, 3.63) is 48.0 Å². The van der Waals surface area contributed by atoms with Crippen molar-refractivity contribution < 1.29 is 40.6 Å². The Bertz CT molecular complexity index is 1030. The highest BCUT2D eigenvalue weighted by Crippen LogP contribution is 2.37. The summed E-state index contributed by atoms with van der Waals surface area (Å²) in [5.74, 6) is -1.41. The van der Waals surface area contributed by atoms with Crippen LogP contribution in [0.25, 0.3) is 21.8 Å². The van der Waals surface area contributed by atoms with Crippen molar-refractivity contribution >= 4 is 27.8 Å². The molecule has 3 rings (SSSR count). The number of carbonyl (C=O) groups excluding carboxylic acids is 1. The number of para-hydroxylation sites is 1. The Morgan fingerprint density at radius 2 is 1.54 bits per heavy atom. The Morgan fingerprint density at radius 1 is 0.929 bits per heavy atom. The van der Waals surface area contributed by atoms with E-state index in [2.05, 4.69) is 9.72 Å². The summed E-state index contributed by atoms with van der Waals surface area (Å²) < 4.78 is 85.7. The number of pyridine rings is 1. The number of aromatic nitrogens is 1. The molecule has 0 fully saturated rings. The van der Waals surface area contributed by atoms with Gasteiger partial charge in [-0.25, -0.2) is 9.78 Å². The summed E-state index contributed by atoms with van der Waals surface area (Å²) in [5.41, 5.74) is -0.0897. The average Bonchev–Trinajstić information content (AvgIpc) is 2.61. The Morgan fingerprint density at radius 3 is 2.14 bits per heavy atom. The molecule has 28 heavy (non-hydrogen) atoms. The smallest absolute Gasteiger partial charge is 0.434 e. The molecular formula is C18H11F6NO3. The number of methoxy groups -OCH3 is 1. The van der Waals surface area contributed by atoms with Crippen molar-refractivity contribution in [1.29, 1.82) is 0 Å². The molecule has 4 nitrogen and oxygen atoms in total. The standard InChI is InChI=1S/C18H11F6NO3/c1-27-9-6-7-11-13(8-9)25-12-5-3-2-4-10(12)14(11)15(26)28-16(17(19,20)21)18(22,23)24/h2-8,16H,1H3. The van der Waals surface area contributed by atoms with Crippen molar-refractivity contribution in [3.8, 4) is 5.75 Å². The number of carbonyl (C=O) groups is 1. The van der Waals surface area contributed by atoms with Crippen LogP contribution in [-0.2, 0) is 4.74 Å². The van der Waals surface area contributed by atoms with E-state index in [1.807, 2.05) is 0 Å². The molecule has 1 aromatic heterocycles. The fourth-order valence-corrected chi connectivity index (χ4v) is 2.70. The SMILES string of the molecule is COc1ccc2c(C(=O)OC(C(F)(F)F)C(F)(F)F)c3ccccc3nc2c1. The first-order valence-corrected chi connectivity index (χ1v) is 7.73. The number of ether oxygens (including phenoxy) is 2. The molecular weight excluding hydrogens is 392 g/mol. The quantitative estimate of drug-likeness (QED) is 0.349. The molecule has 0 amide bonds. The van der Waals surface area contributed by atoms with E-state index in [1.165, 1.54) is 43.5 Å². The Balaban J connectivity index is 2.20. The highest BCUT2D eigenvalue weighted by molar-refractivity contribution is 6.14. The van der Waals surface area contributed by atoms with Crippen LogP contribution >= 0.6 is 0 Å². The van der Waals surface area contributed by atoms with Crippen LogP contribution < -0.4 is 4.74 Å². The van der Waals surface area contributed by atoms with E-state index in [0.29, 0.717) is 5.75 Å². The number of alkyl halides is 6. The van der Waals surface area contributed by atoms with E-state index < -0.39 is 30.0 Å². The van der Waals surface area contributed by atoms with E-state index in [0.717, 1.165) is 0 Å². The molecule has 0 aliphatic heterocycles. The summed E-state index contributed by atoms with van der Waals surface area (Å²) in [6.45, 7) is 0. The molecule has 0 spiro atoms. The number of hydrogen-bond acceptors (Lipinski definition) is 4. The second kappa shape index (κ2) is 6.84. The van der Waals surface area contributed by atoms with Gasteiger partial charge in [-0.15, -0.1) is 0 Å². The van der Waals surface area contributed by atoms with Crippen molar-refractivity contribution in [1.82, 2.24) is 4.98 Å². The predicted octanol–water partition coefficient (Wildman–Crippen LogP) is 5.05. The van der Waals surface area contributed by atoms with E-state index in [1.54, 1.807) is 6.07 Å². The van der Waals surface area contributed by atoms with E-state index in [9.17, 15) is 31.1 Å². The zero-order valence-corrected chi connectivity index (χ0v) is 14.1. The molecule has 148 valence electrons. The van der Waals surface area contributed by atoms with Crippen LogP contribution in [0.2, 0.25) is 0 Å². The number of benzene rings is 2. The van der Waals surface area contributed by atoms with Gasteiger partial charge in [0.2, 0.25) is 0 Å². The summed E-state index contributed by atoms with van der Waals surface area (Å²) in [6, 6.07) is 9.99. The zero-order valence-electron chi connectivity index (χ0n) is 14.1. The van der Waals surface area contributed by atoms with Gasteiger partial charge in [0, 0.05) is 16.8 Å². The maximum Gasteiger partial charge on any atom is 0.434 e. The monoisotopic (exact) mass is 403 g/mol. The van der Waals surface area contributed by atoms with Crippen LogP contribution in [0.5, 0.6) is 5.75 Å². The van der Waals surface area contributed by atoms with Crippen LogP contribution in [0.15, 0.2) is 42.5 Å². The summed E-state index contributed by atoms with van der Waals surface area (Å²) in [5, 5.41) is 0.0980. The van der Waals surface area contributed by atoms with Gasteiger partial charge >= 0.3 is 18.3 Å². The average molecular weight is 403 g/mol. The predicted molar refractivity (Wildman–Crippen MR) is 87.1 cm³/mol. The van der Waals surface area contributed by atoms with Gasteiger partial charge < -0.3 is 9.47 Å². The highest BCUT2D eigenvalue weighted by atomic mass is 19.4. The van der Waals surface area contributed by atoms with Crippen LogP contribution in [0.1, 0.15) is 10.4 Å². The van der Waals surface area contributed by atoms with Gasteiger partial charge in [-0.3, -0.25) is 0 Å². The van der Waals surface area contributed by atoms with Crippen molar-refractivity contribution in [2.45, 2.75) is 18.5 Å². The Labute approximate surface area is 153 Å². The normalized spacial score (nSPS) is 12.6. The van der Waals surface area contributed by atoms with Gasteiger partial charge in [-0.1, -0.05) is 18.2 Å². The lowest BCUT2D eigenvalue weighted by molar-refractivity contribution is -0.307. The summed E-state index contributed by atoms with van der Waals surface area (Å²) in [6.07, 6.45) is -15.9. The maximum absolute atomic E-state index is 12.8. The minimum absolute atomic E-state index is 0.0348. The first-order chi connectivity index (χ1) is 13.0. The molecule has 2 aromatic carbocycles. The van der Waals surface area contributed by atoms with E-state index in [4.69, 9.17) is 4.74 Å². The third-order valence-corrected chi connectivity index (χ3v) is 3.91. The molecule has 1 heterocycles. The number of nitrogens with zero attached hydrogens (tertiary/aromatic N) is 1. The minimum Gasteiger partial charge on any atom is -0.497 e. The molecule has 0 atom stereocenters. The lowest BCUT2D eigenvalue weighted by atomic mass is 10.0. The number of fused-ring (bicyclic) bond motifs is 2. The van der Waals surface area contributed by atoms with Gasteiger partial charge in [0.15, 0.2) is 0 Å². The van der Waals surface area contributed by atoms with Gasteiger partial charge in [0.1, 0.15) is 5.75 Å². The number of esters is 1. The summed E-state index contributed by atoms with van der Waals surface area (Å²) in [4.78, 5) is 16.7. The third-order valence-electron chi connectivity index (χ3n) is 3.91. The van der Waals surface area contributed by atoms with Crippen LogP contribution in [-0.4, -0.2) is 36.5 Å². The molecule has 0 aliphatic rings. The molecule has 0 aliphatic carbocycles. The lowest BCUT2D eigenvalue weighted by Gasteiger charge is -2.23. The van der Waals surface area contributed by atoms with Crippen molar-refractivity contribution in [2.24, 2.45) is 0 Å². The fourth-order valence-electron chi connectivity index (χ4n) is 2.70. The minimum atomic E-state index is -5.81. The van der Waals surface area contributed by atoms with Gasteiger partial charge in [-0.2, -0.15) is 26.3 Å². The number of halogens is 6. The van der Waals surface area contributed by atoms with Gasteiger partial charge in [-0.05, 0) is 18.2 Å². The molecule has 0 N–H and O–H groups in total. The molecule has 0 saturated carbocycles. The Hall–Kier alpha value is -3.04. The van der Waals surface area contributed by atoms with Crippen LogP contribution in [0, 0.1) is 0 Å². The lowest BCUT2D eigenvalue weighted by Crippen LogP contribution is -2.45. The molecule has 0 unspecified atom stereocenters. The third kappa shape index (κ3) is 3.67. The van der Waals surface area contributed by atoms with Gasteiger partial charge in [0.25, 0.3) is 6.10 Å². The van der Waals surface area contributed by atoms with Crippen LogP contribution in [0.3, 0.4) is 0 Å². The van der Waals surface area contributed by atoms with Crippen molar-refractivity contribution in [3.63, 3.8) is 0 Å². The zero-order chi connectivity index (χ0) is 20.7. The maximum atomic E-state index is 12.8. The topological polar surface area (TPSA) is 48.4 Å². The largest absolute Gasteiger partial charge is 0.497 e. The first-order valence-electron chi connectivity index (χ1n) is 7.73. The number of rotatable bonds is 3. The van der Waals surface area contributed by atoms with E-state index in [-0.39, 0.29) is 21.8 Å². The summed E-state index contributed by atoms with van der Waals surface area (Å²) >= 11 is 0. The molecule has 0 saturated heterocycles. The Kier molecular flexibility index (Phi) is 4.82. The number of hydrogen-bond donors (Lipinski definition) is 0. The van der Waals surface area contributed by atoms with Crippen LogP contribution in [0.4, 0.5) is 26.3 Å². The highest BCUT2D eigenvalue weighted by Gasteiger charge is 2.60. The molecule has 10 heteroatoms. The first kappa shape index (κ1) is 19.7. The molecule has 0 bridgehead atoms. The van der Waals surface area contributed by atoms with Crippen molar-refractivity contribution in [2.75, 3.05) is 7.11 Å². The summed E-state index contributed by atoms with van der Waals surface area (Å²) in [7, 11) is 1.37. The van der Waals surface area contributed by atoms with Gasteiger partial charge in [0.05, 0.1) is 23.7 Å².